The first-order valence-corrected chi connectivity index (χ1v) is 18.6. The zero-order valence-corrected chi connectivity index (χ0v) is 28.7. The van der Waals surface area contributed by atoms with Crippen molar-refractivity contribution < 1.29 is 33.4 Å². The third-order valence-corrected chi connectivity index (χ3v) is 8.67. The summed E-state index contributed by atoms with van der Waals surface area (Å²) in [6.45, 7) is 2.62. The number of rotatable bonds is 27. The Morgan fingerprint density at radius 1 is 0.957 bits per heavy atom. The van der Waals surface area contributed by atoms with Crippen LogP contribution in [0.25, 0.3) is 0 Å². The first-order valence-electron chi connectivity index (χ1n) is 17.4. The topological polar surface area (TPSA) is 169 Å². The van der Waals surface area contributed by atoms with Crippen LogP contribution in [0.3, 0.4) is 0 Å². The van der Waals surface area contributed by atoms with E-state index in [9.17, 15) is 28.9 Å². The Labute approximate surface area is 274 Å². The third kappa shape index (κ3) is 16.7. The lowest BCUT2D eigenvalue weighted by molar-refractivity contribution is -0.121. The monoisotopic (exact) mass is 671 g/mol. The minimum Gasteiger partial charge on any atom is -0.394 e. The van der Waals surface area contributed by atoms with E-state index in [1.54, 1.807) is 0 Å². The molecule has 0 spiro atoms. The number of ether oxygens (including phenoxy) is 2. The number of aliphatic hydroxyl groups is 1. The number of nitrogens with one attached hydrogen (secondary N) is 2. The Kier molecular flexibility index (Phi) is 21.8. The highest BCUT2D eigenvalue weighted by molar-refractivity contribution is 7.32. The summed E-state index contributed by atoms with van der Waals surface area (Å²) in [5.74, 6) is 0.0957. The van der Waals surface area contributed by atoms with Crippen molar-refractivity contribution in [3.63, 3.8) is 0 Å². The molecular weight excluding hydrogens is 613 g/mol. The van der Waals surface area contributed by atoms with Gasteiger partial charge in [0.05, 0.1) is 6.61 Å². The van der Waals surface area contributed by atoms with Crippen LogP contribution >= 0.6 is 8.25 Å². The number of allylic oxidation sites excluding steroid dienone is 2. The SMILES string of the molecule is CCCCCCCC/C=C\CCCCCCCC(=O)NCCCCCCOC1C(O[PH](=O)O)C(CO)OC1n1ccc(=O)[nH]c1=O. The molecule has 12 nitrogen and oxygen atoms in total. The van der Waals surface area contributed by atoms with Gasteiger partial charge >= 0.3 is 13.9 Å². The molecule has 0 aliphatic carbocycles. The Bertz CT molecular complexity index is 1130. The van der Waals surface area contributed by atoms with E-state index in [1.165, 1.54) is 70.4 Å². The van der Waals surface area contributed by atoms with Crippen LogP contribution in [0, 0.1) is 0 Å². The van der Waals surface area contributed by atoms with Crippen LogP contribution in [0.15, 0.2) is 34.0 Å². The summed E-state index contributed by atoms with van der Waals surface area (Å²) in [6.07, 6.45) is 21.6. The minimum absolute atomic E-state index is 0.0957. The molecule has 1 aliphatic heterocycles. The average molecular weight is 672 g/mol. The van der Waals surface area contributed by atoms with Crippen molar-refractivity contribution in [3.05, 3.63) is 45.3 Å². The highest BCUT2D eigenvalue weighted by atomic mass is 31.1. The van der Waals surface area contributed by atoms with Gasteiger partial charge < -0.3 is 29.3 Å². The number of hydrogen-bond donors (Lipinski definition) is 4. The van der Waals surface area contributed by atoms with E-state index in [0.29, 0.717) is 19.4 Å². The standard InChI is InChI=1S/C33H58N3O9P/c1-2-3-4-5-6-7-8-9-10-11-12-13-14-15-18-21-28(38)34-23-19-16-17-20-25-43-31-30(45-46(41)42)27(26-37)44-32(31)36-24-22-29(39)35-33(36)40/h9-10,22,24,27,30-32,37,46H,2-8,11-21,23,25-26H2,1H3,(H,34,38)(H,41,42)(H,35,39,40)/b10-9-. The summed E-state index contributed by atoms with van der Waals surface area (Å²) in [5.41, 5.74) is -1.32. The quantitative estimate of drug-likeness (QED) is 0.0551. The number of aliphatic hydroxyl groups excluding tert-OH is 1. The maximum absolute atomic E-state index is 12.3. The first kappa shape index (κ1) is 40.1. The lowest BCUT2D eigenvalue weighted by Gasteiger charge is -2.24. The van der Waals surface area contributed by atoms with E-state index >= 15 is 0 Å². The molecule has 1 saturated heterocycles. The van der Waals surface area contributed by atoms with Gasteiger partial charge in [-0.05, 0) is 44.9 Å². The molecule has 5 atom stereocenters. The molecule has 13 heteroatoms. The van der Waals surface area contributed by atoms with Crippen molar-refractivity contribution in [1.29, 1.82) is 0 Å². The molecule has 46 heavy (non-hydrogen) atoms. The van der Waals surface area contributed by atoms with Crippen LogP contribution in [0.1, 0.15) is 129 Å². The predicted molar refractivity (Wildman–Crippen MR) is 179 cm³/mol. The zero-order valence-electron chi connectivity index (χ0n) is 27.7. The zero-order chi connectivity index (χ0) is 33.4. The second-order valence-electron chi connectivity index (χ2n) is 12.0. The molecule has 2 heterocycles. The molecule has 5 unspecified atom stereocenters. The van der Waals surface area contributed by atoms with Gasteiger partial charge in [0.1, 0.15) is 18.3 Å². The third-order valence-electron chi connectivity index (χ3n) is 8.20. The number of unbranched alkanes of at least 4 members (excludes halogenated alkanes) is 14. The van der Waals surface area contributed by atoms with E-state index in [0.717, 1.165) is 49.2 Å². The van der Waals surface area contributed by atoms with Gasteiger partial charge in [-0.2, -0.15) is 0 Å². The first-order chi connectivity index (χ1) is 22.4. The Balaban J connectivity index is 1.52. The predicted octanol–water partition coefficient (Wildman–Crippen LogP) is 5.29. The molecule has 1 aromatic heterocycles. The van der Waals surface area contributed by atoms with Gasteiger partial charge in [-0.3, -0.25) is 23.7 Å². The number of carbonyl (C=O) groups is 1. The van der Waals surface area contributed by atoms with E-state index in [-0.39, 0.29) is 12.5 Å². The van der Waals surface area contributed by atoms with Gasteiger partial charge in [0.15, 0.2) is 6.23 Å². The fraction of sp³-hybridized carbons (Fsp3) is 0.788. The summed E-state index contributed by atoms with van der Waals surface area (Å²) in [6, 6.07) is 1.15. The van der Waals surface area contributed by atoms with Crippen LogP contribution in [0.2, 0.25) is 0 Å². The van der Waals surface area contributed by atoms with Crippen LogP contribution < -0.4 is 16.6 Å². The van der Waals surface area contributed by atoms with Gasteiger partial charge in [0.2, 0.25) is 5.91 Å². The normalized spacial score (nSPS) is 20.4. The van der Waals surface area contributed by atoms with Crippen molar-refractivity contribution >= 4 is 14.2 Å². The summed E-state index contributed by atoms with van der Waals surface area (Å²) >= 11 is 0. The van der Waals surface area contributed by atoms with E-state index in [4.69, 9.17) is 14.0 Å². The highest BCUT2D eigenvalue weighted by Crippen LogP contribution is 2.37. The van der Waals surface area contributed by atoms with Gasteiger partial charge in [0.25, 0.3) is 5.56 Å². The van der Waals surface area contributed by atoms with Crippen LogP contribution in [-0.4, -0.2) is 63.5 Å². The van der Waals surface area contributed by atoms with Gasteiger partial charge in [-0.15, -0.1) is 0 Å². The minimum atomic E-state index is -3.39. The molecule has 0 bridgehead atoms. The number of carbonyl (C=O) groups excluding carboxylic acids is 1. The summed E-state index contributed by atoms with van der Waals surface area (Å²) in [7, 11) is -3.39. The van der Waals surface area contributed by atoms with E-state index in [1.807, 2.05) is 0 Å². The average Bonchev–Trinajstić information content (AvgIpc) is 3.36. The Hall–Kier alpha value is -2.08. The van der Waals surface area contributed by atoms with E-state index < -0.39 is 50.7 Å². The molecule has 1 aromatic rings. The van der Waals surface area contributed by atoms with Gasteiger partial charge in [-0.25, -0.2) is 4.79 Å². The Morgan fingerprint density at radius 3 is 2.24 bits per heavy atom. The Morgan fingerprint density at radius 2 is 1.59 bits per heavy atom. The number of aromatic amines is 1. The molecule has 1 aliphatic rings. The lowest BCUT2D eigenvalue weighted by Crippen LogP contribution is -2.40. The molecule has 0 saturated carbocycles. The number of H-pyrrole nitrogens is 1. The van der Waals surface area contributed by atoms with Crippen molar-refractivity contribution in [2.45, 2.75) is 147 Å². The highest BCUT2D eigenvalue weighted by Gasteiger charge is 2.48. The van der Waals surface area contributed by atoms with Crippen LogP contribution in [0.4, 0.5) is 0 Å². The fourth-order valence-corrected chi connectivity index (χ4v) is 6.13. The van der Waals surface area contributed by atoms with Crippen LogP contribution in [-0.2, 0) is 23.4 Å². The molecular formula is C33H58N3O9P. The second-order valence-corrected chi connectivity index (χ2v) is 12.8. The largest absolute Gasteiger partial charge is 0.394 e. The van der Waals surface area contributed by atoms with Gasteiger partial charge in [-0.1, -0.05) is 83.3 Å². The molecule has 0 aromatic carbocycles. The lowest BCUT2D eigenvalue weighted by atomic mass is 10.1. The van der Waals surface area contributed by atoms with Crippen molar-refractivity contribution in [3.8, 4) is 0 Å². The number of aromatic nitrogens is 2. The van der Waals surface area contributed by atoms with E-state index in [2.05, 4.69) is 29.4 Å². The second kappa shape index (κ2) is 25.0. The summed E-state index contributed by atoms with van der Waals surface area (Å²) in [5, 5.41) is 12.7. The molecule has 1 fully saturated rings. The maximum Gasteiger partial charge on any atom is 0.330 e. The number of hydrogen-bond acceptors (Lipinski definition) is 8. The fourth-order valence-electron chi connectivity index (χ4n) is 5.62. The van der Waals surface area contributed by atoms with Gasteiger partial charge in [0, 0.05) is 31.8 Å². The molecule has 2 rings (SSSR count). The smallest absolute Gasteiger partial charge is 0.330 e. The molecule has 1 amide bonds. The number of nitrogens with zero attached hydrogens (tertiary/aromatic N) is 1. The molecule has 0 radical (unpaired) electrons. The summed E-state index contributed by atoms with van der Waals surface area (Å²) < 4.78 is 29.3. The van der Waals surface area contributed by atoms with Crippen LogP contribution in [0.5, 0.6) is 0 Å². The molecule has 264 valence electrons. The molecule has 4 N–H and O–H groups in total. The summed E-state index contributed by atoms with van der Waals surface area (Å²) in [4.78, 5) is 47.4. The maximum atomic E-state index is 12.3. The van der Waals surface area contributed by atoms with Crippen molar-refractivity contribution in [2.24, 2.45) is 0 Å². The van der Waals surface area contributed by atoms with Crippen molar-refractivity contribution in [1.82, 2.24) is 14.9 Å². The van der Waals surface area contributed by atoms with Crippen molar-refractivity contribution in [2.75, 3.05) is 19.8 Å². The number of amides is 1.